The lowest BCUT2D eigenvalue weighted by Crippen LogP contribution is -2.50. The van der Waals surface area contributed by atoms with Gasteiger partial charge in [0.25, 0.3) is 0 Å². The number of nitrogens with zero attached hydrogens (tertiary/aromatic N) is 1. The molecule has 6 heteroatoms. The van der Waals surface area contributed by atoms with Crippen molar-refractivity contribution >= 4 is 32.4 Å². The van der Waals surface area contributed by atoms with Crippen LogP contribution in [0.4, 0.5) is 5.69 Å². The summed E-state index contributed by atoms with van der Waals surface area (Å²) in [6.45, 7) is 2.07. The van der Waals surface area contributed by atoms with Crippen molar-refractivity contribution in [2.45, 2.75) is 30.8 Å². The molecule has 33 heavy (non-hydrogen) atoms. The van der Waals surface area contributed by atoms with Crippen molar-refractivity contribution in [2.75, 3.05) is 5.32 Å². The van der Waals surface area contributed by atoms with E-state index in [2.05, 4.69) is 5.32 Å². The molecule has 0 saturated carbocycles. The van der Waals surface area contributed by atoms with Gasteiger partial charge in [0.1, 0.15) is 6.04 Å². The van der Waals surface area contributed by atoms with Crippen LogP contribution in [-0.4, -0.2) is 24.7 Å². The van der Waals surface area contributed by atoms with Crippen LogP contribution in [0.25, 0.3) is 10.8 Å². The highest BCUT2D eigenvalue weighted by Gasteiger charge is 2.39. The predicted octanol–water partition coefficient (Wildman–Crippen LogP) is 4.90. The van der Waals surface area contributed by atoms with Crippen molar-refractivity contribution in [1.82, 2.24) is 4.31 Å². The molecule has 1 atom stereocenters. The van der Waals surface area contributed by atoms with Crippen LogP contribution in [0.3, 0.4) is 0 Å². The number of anilines is 1. The third-order valence-electron chi connectivity index (χ3n) is 6.15. The SMILES string of the molecule is Cc1ccc(S(=O)(=O)N2Cc3ccccc3C[C@H]2C(=O)Nc2ccc3ccccc3c2)cc1. The Morgan fingerprint density at radius 1 is 0.848 bits per heavy atom. The van der Waals surface area contributed by atoms with Crippen LogP contribution in [0.5, 0.6) is 0 Å². The molecule has 4 aromatic rings. The molecular weight excluding hydrogens is 432 g/mol. The van der Waals surface area contributed by atoms with Gasteiger partial charge in [-0.2, -0.15) is 4.31 Å². The molecule has 5 nitrogen and oxygen atoms in total. The van der Waals surface area contributed by atoms with E-state index < -0.39 is 16.1 Å². The summed E-state index contributed by atoms with van der Waals surface area (Å²) in [7, 11) is -3.87. The molecule has 1 N–H and O–H groups in total. The van der Waals surface area contributed by atoms with Gasteiger partial charge in [-0.05, 0) is 59.5 Å². The van der Waals surface area contributed by atoms with Gasteiger partial charge in [0, 0.05) is 12.2 Å². The van der Waals surface area contributed by atoms with Crippen LogP contribution < -0.4 is 5.32 Å². The van der Waals surface area contributed by atoms with E-state index in [1.165, 1.54) is 4.31 Å². The van der Waals surface area contributed by atoms with E-state index in [4.69, 9.17) is 0 Å². The largest absolute Gasteiger partial charge is 0.325 e. The number of carbonyl (C=O) groups excluding carboxylic acids is 1. The summed E-state index contributed by atoms with van der Waals surface area (Å²) < 4.78 is 28.5. The fraction of sp³-hybridized carbons (Fsp3) is 0.148. The predicted molar refractivity (Wildman–Crippen MR) is 130 cm³/mol. The van der Waals surface area contributed by atoms with Crippen LogP contribution in [-0.2, 0) is 27.8 Å². The van der Waals surface area contributed by atoms with Crippen molar-refractivity contribution in [1.29, 1.82) is 0 Å². The van der Waals surface area contributed by atoms with Crippen molar-refractivity contribution in [3.8, 4) is 0 Å². The normalized spacial score (nSPS) is 16.3. The second-order valence-corrected chi connectivity index (χ2v) is 10.3. The zero-order chi connectivity index (χ0) is 23.0. The minimum Gasteiger partial charge on any atom is -0.325 e. The van der Waals surface area contributed by atoms with E-state index in [1.807, 2.05) is 73.7 Å². The van der Waals surface area contributed by atoms with E-state index in [0.717, 1.165) is 27.5 Å². The van der Waals surface area contributed by atoms with Crippen LogP contribution >= 0.6 is 0 Å². The summed E-state index contributed by atoms with van der Waals surface area (Å²) in [5.74, 6) is -0.338. The lowest BCUT2D eigenvalue weighted by molar-refractivity contribution is -0.120. The van der Waals surface area contributed by atoms with Crippen LogP contribution in [0, 0.1) is 6.92 Å². The molecule has 0 saturated heterocycles. The Labute approximate surface area is 193 Å². The maximum absolute atomic E-state index is 13.6. The first-order valence-corrected chi connectivity index (χ1v) is 12.3. The summed E-state index contributed by atoms with van der Waals surface area (Å²) >= 11 is 0. The van der Waals surface area contributed by atoms with Gasteiger partial charge in [-0.1, -0.05) is 72.3 Å². The fourth-order valence-electron chi connectivity index (χ4n) is 4.31. The maximum atomic E-state index is 13.6. The van der Waals surface area contributed by atoms with Gasteiger partial charge in [0.05, 0.1) is 4.90 Å². The number of amides is 1. The van der Waals surface area contributed by atoms with Crippen molar-refractivity contribution < 1.29 is 13.2 Å². The highest BCUT2D eigenvalue weighted by atomic mass is 32.2. The molecule has 0 aromatic heterocycles. The number of rotatable bonds is 4. The van der Waals surface area contributed by atoms with Gasteiger partial charge in [0.15, 0.2) is 0 Å². The average Bonchev–Trinajstić information content (AvgIpc) is 2.83. The maximum Gasteiger partial charge on any atom is 0.244 e. The molecule has 0 radical (unpaired) electrons. The summed E-state index contributed by atoms with van der Waals surface area (Å²) in [6, 6.07) is 27.2. The minimum atomic E-state index is -3.87. The quantitative estimate of drug-likeness (QED) is 0.475. The third kappa shape index (κ3) is 4.15. The summed E-state index contributed by atoms with van der Waals surface area (Å²) in [6.07, 6.45) is 0.320. The standard InChI is InChI=1S/C27H24N2O3S/c1-19-10-14-25(15-11-19)33(31,32)29-18-23-9-5-4-8-22(23)17-26(29)27(30)28-24-13-12-20-6-2-3-7-21(20)16-24/h2-16,26H,17-18H2,1H3,(H,28,30)/t26-/m0/s1. The highest BCUT2D eigenvalue weighted by molar-refractivity contribution is 7.89. The molecule has 1 amide bonds. The smallest absolute Gasteiger partial charge is 0.244 e. The molecular formula is C27H24N2O3S. The average molecular weight is 457 g/mol. The summed E-state index contributed by atoms with van der Waals surface area (Å²) in [5, 5.41) is 5.03. The van der Waals surface area contributed by atoms with E-state index in [0.29, 0.717) is 12.1 Å². The first-order valence-electron chi connectivity index (χ1n) is 10.9. The monoisotopic (exact) mass is 456 g/mol. The zero-order valence-electron chi connectivity index (χ0n) is 18.2. The molecule has 0 spiro atoms. The topological polar surface area (TPSA) is 66.5 Å². The number of aryl methyl sites for hydroxylation is 1. The highest BCUT2D eigenvalue weighted by Crippen LogP contribution is 2.30. The van der Waals surface area contributed by atoms with Gasteiger partial charge in [-0.3, -0.25) is 4.79 Å². The minimum absolute atomic E-state index is 0.155. The molecule has 0 bridgehead atoms. The van der Waals surface area contributed by atoms with Gasteiger partial charge >= 0.3 is 0 Å². The second-order valence-electron chi connectivity index (χ2n) is 8.40. The Morgan fingerprint density at radius 2 is 1.52 bits per heavy atom. The van der Waals surface area contributed by atoms with Gasteiger partial charge in [-0.15, -0.1) is 0 Å². The van der Waals surface area contributed by atoms with Gasteiger partial charge < -0.3 is 5.32 Å². The van der Waals surface area contributed by atoms with E-state index in [9.17, 15) is 13.2 Å². The Morgan fingerprint density at radius 3 is 2.27 bits per heavy atom. The Hall–Kier alpha value is -3.48. The lowest BCUT2D eigenvalue weighted by atomic mass is 9.95. The molecule has 166 valence electrons. The number of sulfonamides is 1. The van der Waals surface area contributed by atoms with Crippen molar-refractivity contribution in [2.24, 2.45) is 0 Å². The van der Waals surface area contributed by atoms with Gasteiger partial charge in [0.2, 0.25) is 15.9 Å². The number of fused-ring (bicyclic) bond motifs is 2. The van der Waals surface area contributed by atoms with Crippen molar-refractivity contribution in [3.63, 3.8) is 0 Å². The first-order chi connectivity index (χ1) is 15.9. The second kappa shape index (κ2) is 8.46. The molecule has 0 unspecified atom stereocenters. The number of hydrogen-bond acceptors (Lipinski definition) is 3. The first kappa shape index (κ1) is 21.4. The van der Waals surface area contributed by atoms with Crippen LogP contribution in [0.1, 0.15) is 16.7 Å². The lowest BCUT2D eigenvalue weighted by Gasteiger charge is -2.35. The van der Waals surface area contributed by atoms with E-state index in [1.54, 1.807) is 24.3 Å². The number of hydrogen-bond donors (Lipinski definition) is 1. The van der Waals surface area contributed by atoms with E-state index in [-0.39, 0.29) is 17.3 Å². The third-order valence-corrected chi connectivity index (χ3v) is 8.02. The molecule has 1 heterocycles. The van der Waals surface area contributed by atoms with Crippen LogP contribution in [0.2, 0.25) is 0 Å². The number of benzene rings is 4. The summed E-state index contributed by atoms with van der Waals surface area (Å²) in [4.78, 5) is 13.6. The molecule has 0 aliphatic carbocycles. The Bertz CT molecular complexity index is 1450. The Balaban J connectivity index is 1.50. The molecule has 4 aromatic carbocycles. The van der Waals surface area contributed by atoms with Crippen molar-refractivity contribution in [3.05, 3.63) is 108 Å². The fourth-order valence-corrected chi connectivity index (χ4v) is 5.88. The van der Waals surface area contributed by atoms with Gasteiger partial charge in [-0.25, -0.2) is 8.42 Å². The van der Waals surface area contributed by atoms with Crippen LogP contribution in [0.15, 0.2) is 95.9 Å². The molecule has 1 aliphatic rings. The summed E-state index contributed by atoms with van der Waals surface area (Å²) in [5.41, 5.74) is 3.53. The molecule has 5 rings (SSSR count). The Kier molecular flexibility index (Phi) is 5.48. The number of carbonyl (C=O) groups is 1. The van der Waals surface area contributed by atoms with E-state index >= 15 is 0 Å². The molecule has 1 aliphatic heterocycles. The molecule has 0 fully saturated rings. The number of nitrogens with one attached hydrogen (secondary N) is 1. The zero-order valence-corrected chi connectivity index (χ0v) is 19.0.